The SMILES string of the molecule is CC(C)C(=O)C(C)(C)CC(C)(C)OP(=O)(O)O. The third kappa shape index (κ3) is 6.32. The largest absolute Gasteiger partial charge is 0.470 e. The van der Waals surface area contributed by atoms with E-state index in [0.717, 1.165) is 0 Å². The first kappa shape index (κ1) is 16.8. The van der Waals surface area contributed by atoms with E-state index in [4.69, 9.17) is 14.3 Å². The minimum Gasteiger partial charge on any atom is -0.303 e. The van der Waals surface area contributed by atoms with E-state index in [0.29, 0.717) is 0 Å². The number of phosphoric acid groups is 1. The van der Waals surface area contributed by atoms with Crippen molar-refractivity contribution in [3.05, 3.63) is 0 Å². The fourth-order valence-corrected chi connectivity index (χ4v) is 3.00. The Morgan fingerprint density at radius 1 is 1.24 bits per heavy atom. The lowest BCUT2D eigenvalue weighted by Gasteiger charge is -2.34. The summed E-state index contributed by atoms with van der Waals surface area (Å²) in [5, 5.41) is 0. The van der Waals surface area contributed by atoms with Crippen molar-refractivity contribution in [3.8, 4) is 0 Å². The summed E-state index contributed by atoms with van der Waals surface area (Å²) in [7, 11) is -4.54. The van der Waals surface area contributed by atoms with E-state index >= 15 is 0 Å². The van der Waals surface area contributed by atoms with E-state index in [-0.39, 0.29) is 18.1 Å². The summed E-state index contributed by atoms with van der Waals surface area (Å²) < 4.78 is 15.5. The second kappa shape index (κ2) is 5.19. The fraction of sp³-hybridized carbons (Fsp3) is 0.909. The summed E-state index contributed by atoms with van der Waals surface area (Å²) in [6.45, 7) is 10.3. The summed E-state index contributed by atoms with van der Waals surface area (Å²) in [5.74, 6) is -0.0595. The monoisotopic (exact) mass is 266 g/mol. The number of phosphoric ester groups is 1. The summed E-state index contributed by atoms with van der Waals surface area (Å²) in [5.41, 5.74) is -1.72. The van der Waals surface area contributed by atoms with Crippen molar-refractivity contribution >= 4 is 13.6 Å². The van der Waals surface area contributed by atoms with Crippen LogP contribution in [0, 0.1) is 11.3 Å². The highest BCUT2D eigenvalue weighted by Gasteiger charge is 2.39. The van der Waals surface area contributed by atoms with Crippen LogP contribution in [-0.4, -0.2) is 21.2 Å². The Hall–Kier alpha value is -0.220. The van der Waals surface area contributed by atoms with Crippen LogP contribution in [0.3, 0.4) is 0 Å². The van der Waals surface area contributed by atoms with Gasteiger partial charge in [-0.05, 0) is 20.3 Å². The molecule has 0 spiro atoms. The maximum absolute atomic E-state index is 12.0. The molecule has 0 aromatic heterocycles. The van der Waals surface area contributed by atoms with Crippen molar-refractivity contribution in [1.82, 2.24) is 0 Å². The third-order valence-electron chi connectivity index (χ3n) is 2.43. The molecule has 0 unspecified atom stereocenters. The number of carbonyl (C=O) groups excluding carboxylic acids is 1. The van der Waals surface area contributed by atoms with Gasteiger partial charge in [0.15, 0.2) is 0 Å². The van der Waals surface area contributed by atoms with E-state index in [1.165, 1.54) is 0 Å². The lowest BCUT2D eigenvalue weighted by Crippen LogP contribution is -2.37. The number of ketones is 1. The van der Waals surface area contributed by atoms with Crippen LogP contribution in [0.15, 0.2) is 0 Å². The lowest BCUT2D eigenvalue weighted by atomic mass is 9.75. The maximum Gasteiger partial charge on any atom is 0.470 e. The molecule has 0 rings (SSSR count). The standard InChI is InChI=1S/C11H23O5P/c1-8(2)9(12)10(3,4)7-11(5,6)16-17(13,14)15/h8H,7H2,1-6H3,(H2,13,14,15). The molecule has 6 heteroatoms. The van der Waals surface area contributed by atoms with Gasteiger partial charge in [-0.15, -0.1) is 0 Å². The molecule has 0 aromatic rings. The molecule has 0 saturated carbocycles. The highest BCUT2D eigenvalue weighted by molar-refractivity contribution is 7.46. The second-order valence-electron chi connectivity index (χ2n) is 5.92. The van der Waals surface area contributed by atoms with Crippen LogP contribution in [0.4, 0.5) is 0 Å². The summed E-state index contributed by atoms with van der Waals surface area (Å²) in [6, 6.07) is 0. The second-order valence-corrected chi connectivity index (χ2v) is 7.08. The smallest absolute Gasteiger partial charge is 0.303 e. The minimum absolute atomic E-state index is 0.0555. The van der Waals surface area contributed by atoms with Crippen molar-refractivity contribution < 1.29 is 23.7 Å². The number of Topliss-reactive ketones (excluding diaryl/α,β-unsaturated/α-hetero) is 1. The van der Waals surface area contributed by atoms with Crippen molar-refractivity contribution in [1.29, 1.82) is 0 Å². The first-order valence-electron chi connectivity index (χ1n) is 5.57. The van der Waals surface area contributed by atoms with Gasteiger partial charge in [-0.2, -0.15) is 0 Å². The molecular formula is C11H23O5P. The fourth-order valence-electron chi connectivity index (χ4n) is 2.29. The average Bonchev–Trinajstić information content (AvgIpc) is 1.94. The number of rotatable bonds is 6. The Morgan fingerprint density at radius 2 is 1.65 bits per heavy atom. The molecular weight excluding hydrogens is 243 g/mol. The topological polar surface area (TPSA) is 83.8 Å². The van der Waals surface area contributed by atoms with Crippen LogP contribution in [0.1, 0.15) is 48.0 Å². The van der Waals surface area contributed by atoms with E-state index < -0.39 is 18.8 Å². The quantitative estimate of drug-likeness (QED) is 0.722. The van der Waals surface area contributed by atoms with E-state index in [1.807, 2.05) is 0 Å². The zero-order chi connectivity index (χ0) is 14.1. The number of hydrogen-bond donors (Lipinski definition) is 2. The predicted molar refractivity (Wildman–Crippen MR) is 65.5 cm³/mol. The van der Waals surface area contributed by atoms with E-state index in [2.05, 4.69) is 0 Å². The van der Waals surface area contributed by atoms with Crippen LogP contribution in [0.2, 0.25) is 0 Å². The number of hydrogen-bond acceptors (Lipinski definition) is 3. The molecule has 0 amide bonds. The molecule has 0 aromatic carbocycles. The van der Waals surface area contributed by atoms with Crippen molar-refractivity contribution in [2.24, 2.45) is 11.3 Å². The average molecular weight is 266 g/mol. The Morgan fingerprint density at radius 3 is 1.94 bits per heavy atom. The van der Waals surface area contributed by atoms with Crippen molar-refractivity contribution in [2.45, 2.75) is 53.6 Å². The Labute approximate surface area is 103 Å². The van der Waals surface area contributed by atoms with Crippen LogP contribution in [0.5, 0.6) is 0 Å². The van der Waals surface area contributed by atoms with Crippen molar-refractivity contribution in [3.63, 3.8) is 0 Å². The molecule has 2 N–H and O–H groups in total. The molecule has 0 aliphatic rings. The van der Waals surface area contributed by atoms with Gasteiger partial charge in [0.05, 0.1) is 5.60 Å². The van der Waals surface area contributed by atoms with Crippen molar-refractivity contribution in [2.75, 3.05) is 0 Å². The molecule has 17 heavy (non-hydrogen) atoms. The molecule has 0 radical (unpaired) electrons. The summed E-state index contributed by atoms with van der Waals surface area (Å²) >= 11 is 0. The van der Waals surface area contributed by atoms with E-state index in [9.17, 15) is 9.36 Å². The molecule has 0 aliphatic carbocycles. The minimum atomic E-state index is -4.54. The molecule has 102 valence electrons. The van der Waals surface area contributed by atoms with Gasteiger partial charge in [0, 0.05) is 11.3 Å². The number of carbonyl (C=O) groups is 1. The van der Waals surface area contributed by atoms with Gasteiger partial charge in [0.2, 0.25) is 0 Å². The maximum atomic E-state index is 12.0. The van der Waals surface area contributed by atoms with Crippen LogP contribution >= 0.6 is 7.82 Å². The zero-order valence-corrected chi connectivity index (χ0v) is 12.2. The van der Waals surface area contributed by atoms with Gasteiger partial charge < -0.3 is 9.79 Å². The van der Waals surface area contributed by atoms with Gasteiger partial charge in [-0.3, -0.25) is 9.32 Å². The van der Waals surface area contributed by atoms with Crippen LogP contribution in [-0.2, 0) is 13.9 Å². The highest BCUT2D eigenvalue weighted by atomic mass is 31.2. The van der Waals surface area contributed by atoms with Gasteiger partial charge in [0.25, 0.3) is 0 Å². The zero-order valence-electron chi connectivity index (χ0n) is 11.4. The first-order valence-corrected chi connectivity index (χ1v) is 7.10. The molecule has 0 bridgehead atoms. The summed E-state index contributed by atoms with van der Waals surface area (Å²) in [4.78, 5) is 29.6. The summed E-state index contributed by atoms with van der Waals surface area (Å²) in [6.07, 6.45) is 0.252. The normalized spacial score (nSPS) is 14.2. The molecule has 0 fully saturated rings. The molecule has 5 nitrogen and oxygen atoms in total. The molecule has 0 saturated heterocycles. The van der Waals surface area contributed by atoms with Crippen LogP contribution in [0.25, 0.3) is 0 Å². The lowest BCUT2D eigenvalue weighted by molar-refractivity contribution is -0.133. The van der Waals surface area contributed by atoms with Crippen LogP contribution < -0.4 is 0 Å². The van der Waals surface area contributed by atoms with E-state index in [1.54, 1.807) is 41.5 Å². The molecule has 0 heterocycles. The Balaban J connectivity index is 4.82. The Kier molecular flexibility index (Phi) is 5.12. The van der Waals surface area contributed by atoms with Gasteiger partial charge in [-0.25, -0.2) is 4.57 Å². The van der Waals surface area contributed by atoms with Gasteiger partial charge in [0.1, 0.15) is 5.78 Å². The molecule has 0 aliphatic heterocycles. The predicted octanol–water partition coefficient (Wildman–Crippen LogP) is 2.52. The first-order chi connectivity index (χ1) is 7.27. The Bertz CT molecular complexity index is 327. The highest BCUT2D eigenvalue weighted by Crippen LogP contribution is 2.45. The van der Waals surface area contributed by atoms with Gasteiger partial charge >= 0.3 is 7.82 Å². The third-order valence-corrected chi connectivity index (χ3v) is 3.16. The van der Waals surface area contributed by atoms with Gasteiger partial charge in [-0.1, -0.05) is 27.7 Å². The molecule has 0 atom stereocenters.